The van der Waals surface area contributed by atoms with Crippen LogP contribution >= 0.6 is 11.8 Å². The fourth-order valence-electron chi connectivity index (χ4n) is 3.42. The number of rotatable bonds is 7. The number of benzene rings is 2. The molecular formula is C22H27N3O3S. The van der Waals surface area contributed by atoms with Crippen molar-refractivity contribution in [2.45, 2.75) is 19.4 Å². The second-order valence-corrected chi connectivity index (χ2v) is 8.55. The summed E-state index contributed by atoms with van der Waals surface area (Å²) >= 11 is 2.04. The number of hydrogen-bond acceptors (Lipinski definition) is 6. The third-order valence-corrected chi connectivity index (χ3v) is 6.13. The zero-order chi connectivity index (χ0) is 20.1. The Labute approximate surface area is 175 Å². The molecule has 1 saturated heterocycles. The number of thioether (sulfide) groups is 1. The second kappa shape index (κ2) is 9.41. The van der Waals surface area contributed by atoms with Crippen molar-refractivity contribution < 1.29 is 14.3 Å². The van der Waals surface area contributed by atoms with Gasteiger partial charge in [-0.15, -0.1) is 0 Å². The van der Waals surface area contributed by atoms with Crippen LogP contribution in [0.1, 0.15) is 12.5 Å². The number of carbonyl (C=O) groups excluding carboxylic acids is 1. The molecule has 2 aliphatic rings. The number of fused-ring (bicyclic) bond motifs is 1. The molecule has 0 aliphatic carbocycles. The summed E-state index contributed by atoms with van der Waals surface area (Å²) in [5, 5.41) is 6.18. The zero-order valence-electron chi connectivity index (χ0n) is 16.6. The van der Waals surface area contributed by atoms with Crippen LogP contribution < -0.4 is 20.1 Å². The van der Waals surface area contributed by atoms with Crippen LogP contribution in [0.2, 0.25) is 0 Å². The predicted molar refractivity (Wildman–Crippen MR) is 118 cm³/mol. The predicted octanol–water partition coefficient (Wildman–Crippen LogP) is 3.45. The van der Waals surface area contributed by atoms with Gasteiger partial charge in [0.25, 0.3) is 0 Å². The molecule has 154 valence electrons. The van der Waals surface area contributed by atoms with E-state index in [1.165, 1.54) is 30.2 Å². The van der Waals surface area contributed by atoms with Crippen molar-refractivity contribution in [2.24, 2.45) is 0 Å². The molecule has 2 aromatic rings. The molecule has 4 rings (SSSR count). The third kappa shape index (κ3) is 5.36. The van der Waals surface area contributed by atoms with Crippen molar-refractivity contribution in [3.8, 4) is 11.5 Å². The summed E-state index contributed by atoms with van der Waals surface area (Å²) in [6.07, 6.45) is 1.06. The number of amides is 1. The Hall–Kier alpha value is -2.38. The Morgan fingerprint density at radius 3 is 2.59 bits per heavy atom. The van der Waals surface area contributed by atoms with Gasteiger partial charge in [0.2, 0.25) is 12.7 Å². The monoisotopic (exact) mass is 413 g/mol. The molecule has 1 unspecified atom stereocenters. The Morgan fingerprint density at radius 2 is 1.79 bits per heavy atom. The van der Waals surface area contributed by atoms with Crippen molar-refractivity contribution in [1.82, 2.24) is 4.90 Å². The normalized spacial score (nSPS) is 17.0. The fraction of sp³-hybridized carbons (Fsp3) is 0.409. The van der Waals surface area contributed by atoms with Crippen molar-refractivity contribution >= 4 is 29.0 Å². The first-order valence-corrected chi connectivity index (χ1v) is 11.2. The third-order valence-electron chi connectivity index (χ3n) is 5.19. The van der Waals surface area contributed by atoms with Crippen LogP contribution in [0.15, 0.2) is 42.5 Å². The maximum absolute atomic E-state index is 12.5. The fourth-order valence-corrected chi connectivity index (χ4v) is 4.40. The number of nitrogens with zero attached hydrogens (tertiary/aromatic N) is 1. The minimum atomic E-state index is -0.364. The Balaban J connectivity index is 1.26. The summed E-state index contributed by atoms with van der Waals surface area (Å²) in [5.74, 6) is 3.75. The van der Waals surface area contributed by atoms with Crippen LogP contribution in [-0.4, -0.2) is 54.8 Å². The number of ether oxygens (including phenoxy) is 2. The van der Waals surface area contributed by atoms with Gasteiger partial charge >= 0.3 is 0 Å². The quantitative estimate of drug-likeness (QED) is 0.725. The largest absolute Gasteiger partial charge is 0.454 e. The molecule has 6 nitrogen and oxygen atoms in total. The molecule has 2 aliphatic heterocycles. The molecule has 0 aromatic heterocycles. The molecule has 1 fully saturated rings. The van der Waals surface area contributed by atoms with Gasteiger partial charge in [0, 0.05) is 48.6 Å². The van der Waals surface area contributed by atoms with Crippen LogP contribution in [0.4, 0.5) is 11.4 Å². The maximum atomic E-state index is 12.5. The highest BCUT2D eigenvalue weighted by molar-refractivity contribution is 7.99. The van der Waals surface area contributed by atoms with E-state index in [9.17, 15) is 4.79 Å². The van der Waals surface area contributed by atoms with Crippen LogP contribution in [0.5, 0.6) is 11.5 Å². The van der Waals surface area contributed by atoms with E-state index in [0.29, 0.717) is 17.2 Å². The minimum absolute atomic E-state index is 0.101. The zero-order valence-corrected chi connectivity index (χ0v) is 17.5. The van der Waals surface area contributed by atoms with Gasteiger partial charge in [-0.1, -0.05) is 12.1 Å². The van der Waals surface area contributed by atoms with E-state index >= 15 is 0 Å². The Kier molecular flexibility index (Phi) is 6.46. The highest BCUT2D eigenvalue weighted by Crippen LogP contribution is 2.34. The molecule has 2 aromatic carbocycles. The first-order chi connectivity index (χ1) is 14.2. The number of nitrogens with one attached hydrogen (secondary N) is 2. The van der Waals surface area contributed by atoms with Gasteiger partial charge < -0.3 is 25.0 Å². The summed E-state index contributed by atoms with van der Waals surface area (Å²) in [7, 11) is 0. The number of hydrogen-bond donors (Lipinski definition) is 2. The maximum Gasteiger partial charge on any atom is 0.246 e. The number of carbonyl (C=O) groups is 1. The lowest BCUT2D eigenvalue weighted by molar-refractivity contribution is -0.116. The van der Waals surface area contributed by atoms with Gasteiger partial charge in [-0.2, -0.15) is 11.8 Å². The molecular weight excluding hydrogens is 386 g/mol. The summed E-state index contributed by atoms with van der Waals surface area (Å²) in [4.78, 5) is 15.0. The SMILES string of the molecule is CC(Nc1ccc(CCN2CCSCC2)cc1)C(=O)Nc1ccc2c(c1)OCO2. The molecule has 0 radical (unpaired) electrons. The first-order valence-electron chi connectivity index (χ1n) is 10.0. The number of anilines is 2. The van der Waals surface area contributed by atoms with Gasteiger partial charge in [-0.3, -0.25) is 4.79 Å². The summed E-state index contributed by atoms with van der Waals surface area (Å²) in [6.45, 7) is 5.57. The summed E-state index contributed by atoms with van der Waals surface area (Å²) in [6, 6.07) is 13.4. The van der Waals surface area contributed by atoms with Crippen LogP contribution in [-0.2, 0) is 11.2 Å². The van der Waals surface area contributed by atoms with Gasteiger partial charge in [0.1, 0.15) is 6.04 Å². The first kappa shape index (κ1) is 19.9. The standard InChI is InChI=1S/C22H27N3O3S/c1-16(22(26)24-19-6-7-20-21(14-19)28-15-27-20)23-18-4-2-17(3-5-18)8-9-25-10-12-29-13-11-25/h2-7,14,16,23H,8-13,15H2,1H3,(H,24,26). The Morgan fingerprint density at radius 1 is 1.07 bits per heavy atom. The van der Waals surface area contributed by atoms with Gasteiger partial charge in [0.05, 0.1) is 0 Å². The van der Waals surface area contributed by atoms with Gasteiger partial charge in [-0.25, -0.2) is 0 Å². The molecule has 29 heavy (non-hydrogen) atoms. The van der Waals surface area contributed by atoms with Crippen LogP contribution in [0, 0.1) is 0 Å². The molecule has 2 N–H and O–H groups in total. The molecule has 2 heterocycles. The van der Waals surface area contributed by atoms with Crippen LogP contribution in [0.3, 0.4) is 0 Å². The Bertz CT molecular complexity index is 838. The average Bonchev–Trinajstić information content (AvgIpc) is 3.22. The molecule has 0 spiro atoms. The topological polar surface area (TPSA) is 62.8 Å². The van der Waals surface area contributed by atoms with Crippen LogP contribution in [0.25, 0.3) is 0 Å². The molecule has 1 amide bonds. The van der Waals surface area contributed by atoms with E-state index in [-0.39, 0.29) is 18.7 Å². The van der Waals surface area contributed by atoms with Gasteiger partial charge in [0.15, 0.2) is 11.5 Å². The lowest BCUT2D eigenvalue weighted by atomic mass is 10.1. The lowest BCUT2D eigenvalue weighted by Gasteiger charge is -2.26. The lowest BCUT2D eigenvalue weighted by Crippen LogP contribution is -2.34. The molecule has 0 saturated carbocycles. The summed E-state index contributed by atoms with van der Waals surface area (Å²) in [5.41, 5.74) is 2.96. The smallest absolute Gasteiger partial charge is 0.246 e. The molecule has 1 atom stereocenters. The highest BCUT2D eigenvalue weighted by atomic mass is 32.2. The van der Waals surface area contributed by atoms with E-state index < -0.39 is 0 Å². The highest BCUT2D eigenvalue weighted by Gasteiger charge is 2.17. The van der Waals surface area contributed by atoms with E-state index in [1.807, 2.05) is 36.9 Å². The van der Waals surface area contributed by atoms with E-state index in [1.54, 1.807) is 12.1 Å². The van der Waals surface area contributed by atoms with Crippen molar-refractivity contribution in [2.75, 3.05) is 48.6 Å². The van der Waals surface area contributed by atoms with Gasteiger partial charge in [-0.05, 0) is 43.2 Å². The molecule has 0 bridgehead atoms. The second-order valence-electron chi connectivity index (χ2n) is 7.32. The molecule has 7 heteroatoms. The summed E-state index contributed by atoms with van der Waals surface area (Å²) < 4.78 is 10.6. The van der Waals surface area contributed by atoms with E-state index in [2.05, 4.69) is 27.7 Å². The van der Waals surface area contributed by atoms with E-state index in [0.717, 1.165) is 18.7 Å². The van der Waals surface area contributed by atoms with Crippen molar-refractivity contribution in [1.29, 1.82) is 0 Å². The van der Waals surface area contributed by atoms with Crippen molar-refractivity contribution in [3.05, 3.63) is 48.0 Å². The van der Waals surface area contributed by atoms with E-state index in [4.69, 9.17) is 9.47 Å². The average molecular weight is 414 g/mol. The van der Waals surface area contributed by atoms with Crippen molar-refractivity contribution in [3.63, 3.8) is 0 Å². The minimum Gasteiger partial charge on any atom is -0.454 e.